The van der Waals surface area contributed by atoms with Gasteiger partial charge >= 0.3 is 12.0 Å². The topological polar surface area (TPSA) is 72.9 Å². The van der Waals surface area contributed by atoms with Crippen LogP contribution in [-0.2, 0) is 4.79 Å². The fourth-order valence-electron chi connectivity index (χ4n) is 1.95. The van der Waals surface area contributed by atoms with Gasteiger partial charge in [0.15, 0.2) is 0 Å². The van der Waals surface area contributed by atoms with Crippen LogP contribution in [0.25, 0.3) is 0 Å². The first-order valence-corrected chi connectivity index (χ1v) is 6.35. The van der Waals surface area contributed by atoms with Crippen LogP contribution in [0.4, 0.5) is 4.79 Å². The molecule has 0 aliphatic carbocycles. The molecule has 0 bridgehead atoms. The summed E-state index contributed by atoms with van der Waals surface area (Å²) in [5, 5.41) is 10.7. The maximum absolute atomic E-state index is 12.1. The van der Waals surface area contributed by atoms with E-state index in [1.807, 2.05) is 25.8 Å². The van der Waals surface area contributed by atoms with Gasteiger partial charge in [-0.25, -0.2) is 9.80 Å². The quantitative estimate of drug-likeness (QED) is 0.799. The normalized spacial score (nSPS) is 17.3. The lowest BCUT2D eigenvalue weighted by Gasteiger charge is -2.37. The zero-order valence-electron chi connectivity index (χ0n) is 11.4. The summed E-state index contributed by atoms with van der Waals surface area (Å²) in [6.45, 7) is 6.85. The molecule has 0 aromatic rings. The number of urea groups is 1. The van der Waals surface area contributed by atoms with Gasteiger partial charge in [0.1, 0.15) is 6.54 Å². The molecule has 0 aromatic carbocycles. The van der Waals surface area contributed by atoms with Gasteiger partial charge in [-0.05, 0) is 33.6 Å². The lowest BCUT2D eigenvalue weighted by atomic mass is 10.1. The smallest absolute Gasteiger partial charge is 0.332 e. The minimum atomic E-state index is -1.00. The van der Waals surface area contributed by atoms with Gasteiger partial charge in [0.25, 0.3) is 0 Å². The minimum absolute atomic E-state index is 0.289. The number of hydrogen-bond acceptors (Lipinski definition) is 3. The fourth-order valence-corrected chi connectivity index (χ4v) is 1.95. The number of carbonyl (C=O) groups is 2. The van der Waals surface area contributed by atoms with Crippen molar-refractivity contribution in [3.8, 4) is 0 Å². The molecular formula is C12H23N3O3. The van der Waals surface area contributed by atoms with Crippen LogP contribution < -0.4 is 5.43 Å². The van der Waals surface area contributed by atoms with Crippen molar-refractivity contribution in [3.63, 3.8) is 0 Å². The van der Waals surface area contributed by atoms with E-state index in [1.54, 1.807) is 0 Å². The number of hydrazine groups is 1. The summed E-state index contributed by atoms with van der Waals surface area (Å²) < 4.78 is 0. The first-order chi connectivity index (χ1) is 8.30. The van der Waals surface area contributed by atoms with Crippen molar-refractivity contribution in [1.29, 1.82) is 0 Å². The average Bonchev–Trinajstić information content (AvgIpc) is 2.25. The first-order valence-electron chi connectivity index (χ1n) is 6.35. The molecule has 0 atom stereocenters. The Kier molecular flexibility index (Phi) is 4.95. The molecule has 0 radical (unpaired) electrons. The van der Waals surface area contributed by atoms with E-state index in [-0.39, 0.29) is 12.6 Å². The number of nitrogens with zero attached hydrogens (tertiary/aromatic N) is 2. The molecular weight excluding hydrogens is 234 g/mol. The highest BCUT2D eigenvalue weighted by Crippen LogP contribution is 2.14. The summed E-state index contributed by atoms with van der Waals surface area (Å²) in [5.74, 6) is -1.00. The Hall–Kier alpha value is -1.30. The monoisotopic (exact) mass is 257 g/mol. The van der Waals surface area contributed by atoms with Crippen LogP contribution in [0.1, 0.15) is 40.0 Å². The van der Waals surface area contributed by atoms with Crippen LogP contribution in [0.2, 0.25) is 0 Å². The second-order valence-electron chi connectivity index (χ2n) is 5.62. The van der Waals surface area contributed by atoms with Gasteiger partial charge in [0.05, 0.1) is 0 Å². The number of nitrogens with one attached hydrogen (secondary N) is 1. The van der Waals surface area contributed by atoms with E-state index in [0.29, 0.717) is 0 Å². The number of carbonyl (C=O) groups excluding carboxylic acids is 1. The van der Waals surface area contributed by atoms with Crippen molar-refractivity contribution < 1.29 is 14.7 Å². The average molecular weight is 257 g/mol. The number of carboxylic acids is 1. The molecule has 0 saturated carbocycles. The van der Waals surface area contributed by atoms with Gasteiger partial charge in [-0.15, -0.1) is 0 Å². The molecule has 1 heterocycles. The Balaban J connectivity index is 2.61. The van der Waals surface area contributed by atoms with Crippen molar-refractivity contribution in [2.75, 3.05) is 19.6 Å². The fraction of sp³-hybridized carbons (Fsp3) is 0.833. The number of carboxylic acid groups (broad SMARTS) is 1. The van der Waals surface area contributed by atoms with Gasteiger partial charge in [0, 0.05) is 18.6 Å². The molecule has 0 spiro atoms. The lowest BCUT2D eigenvalue weighted by Crippen LogP contribution is -2.57. The van der Waals surface area contributed by atoms with Crippen LogP contribution in [0.3, 0.4) is 0 Å². The van der Waals surface area contributed by atoms with Crippen LogP contribution in [-0.4, -0.2) is 52.2 Å². The number of aliphatic carboxylic acids is 1. The third-order valence-corrected chi connectivity index (χ3v) is 2.96. The molecule has 1 aliphatic rings. The minimum Gasteiger partial charge on any atom is -0.480 e. The van der Waals surface area contributed by atoms with Crippen molar-refractivity contribution in [2.45, 2.75) is 45.6 Å². The van der Waals surface area contributed by atoms with Gasteiger partial charge in [-0.1, -0.05) is 6.42 Å². The molecule has 1 rings (SSSR count). The largest absolute Gasteiger partial charge is 0.480 e. The Morgan fingerprint density at radius 2 is 1.78 bits per heavy atom. The maximum Gasteiger partial charge on any atom is 0.332 e. The van der Waals surface area contributed by atoms with E-state index in [9.17, 15) is 9.59 Å². The summed E-state index contributed by atoms with van der Waals surface area (Å²) in [5.41, 5.74) is 2.27. The Labute approximate surface area is 108 Å². The number of piperidine rings is 1. The van der Waals surface area contributed by atoms with E-state index in [4.69, 9.17) is 5.11 Å². The highest BCUT2D eigenvalue weighted by atomic mass is 16.4. The van der Waals surface area contributed by atoms with Crippen molar-refractivity contribution in [1.82, 2.24) is 15.3 Å². The summed E-state index contributed by atoms with van der Waals surface area (Å²) >= 11 is 0. The van der Waals surface area contributed by atoms with Crippen molar-refractivity contribution >= 4 is 12.0 Å². The second-order valence-corrected chi connectivity index (χ2v) is 5.62. The van der Waals surface area contributed by atoms with Gasteiger partial charge < -0.3 is 10.0 Å². The molecule has 6 nitrogen and oxygen atoms in total. The molecule has 2 amide bonds. The standard InChI is InChI=1S/C12H23N3O3/c1-12(2,3)15(9-10(16)17)11(18)13-14-7-5-4-6-8-14/h4-9H2,1-3H3,(H,13,18)(H,16,17). The molecule has 1 saturated heterocycles. The predicted molar refractivity (Wildman–Crippen MR) is 68.1 cm³/mol. The van der Waals surface area contributed by atoms with Gasteiger partial charge in [-0.2, -0.15) is 0 Å². The number of amides is 2. The molecule has 2 N–H and O–H groups in total. The molecule has 6 heteroatoms. The van der Waals surface area contributed by atoms with Gasteiger partial charge in [0.2, 0.25) is 0 Å². The summed E-state index contributed by atoms with van der Waals surface area (Å²) in [6, 6.07) is -0.341. The van der Waals surface area contributed by atoms with E-state index in [1.165, 1.54) is 11.3 Å². The van der Waals surface area contributed by atoms with Gasteiger partial charge in [-0.3, -0.25) is 10.2 Å². The van der Waals surface area contributed by atoms with Crippen LogP contribution >= 0.6 is 0 Å². The van der Waals surface area contributed by atoms with E-state index < -0.39 is 11.5 Å². The number of hydrogen-bond donors (Lipinski definition) is 2. The Morgan fingerprint density at radius 1 is 1.22 bits per heavy atom. The zero-order chi connectivity index (χ0) is 13.8. The van der Waals surface area contributed by atoms with Crippen molar-refractivity contribution in [3.05, 3.63) is 0 Å². The van der Waals surface area contributed by atoms with E-state index >= 15 is 0 Å². The third-order valence-electron chi connectivity index (χ3n) is 2.96. The Bertz CT molecular complexity index is 306. The second kappa shape index (κ2) is 6.04. The summed E-state index contributed by atoms with van der Waals surface area (Å²) in [4.78, 5) is 24.3. The molecule has 104 valence electrons. The van der Waals surface area contributed by atoms with E-state index in [2.05, 4.69) is 5.43 Å². The molecule has 0 aromatic heterocycles. The zero-order valence-corrected chi connectivity index (χ0v) is 11.4. The highest BCUT2D eigenvalue weighted by Gasteiger charge is 2.29. The highest BCUT2D eigenvalue weighted by molar-refractivity contribution is 5.80. The molecule has 1 fully saturated rings. The van der Waals surface area contributed by atoms with Crippen LogP contribution in [0.5, 0.6) is 0 Å². The number of rotatable bonds is 3. The van der Waals surface area contributed by atoms with Crippen LogP contribution in [0, 0.1) is 0 Å². The van der Waals surface area contributed by atoms with E-state index in [0.717, 1.165) is 25.9 Å². The molecule has 18 heavy (non-hydrogen) atoms. The SMILES string of the molecule is CC(C)(C)N(CC(=O)O)C(=O)NN1CCCCC1. The summed E-state index contributed by atoms with van der Waals surface area (Å²) in [6.07, 6.45) is 3.31. The maximum atomic E-state index is 12.1. The predicted octanol–water partition coefficient (Wildman–Crippen LogP) is 1.28. The van der Waals surface area contributed by atoms with Crippen LogP contribution in [0.15, 0.2) is 0 Å². The first kappa shape index (κ1) is 14.8. The molecule has 0 unspecified atom stereocenters. The third kappa shape index (κ3) is 4.52. The Morgan fingerprint density at radius 3 is 2.22 bits per heavy atom. The lowest BCUT2D eigenvalue weighted by molar-refractivity contribution is -0.138. The van der Waals surface area contributed by atoms with Crippen molar-refractivity contribution in [2.24, 2.45) is 0 Å². The molecule has 1 aliphatic heterocycles. The summed E-state index contributed by atoms with van der Waals surface area (Å²) in [7, 11) is 0.